The van der Waals surface area contributed by atoms with Crippen LogP contribution in [-0.4, -0.2) is 17.8 Å². The first-order valence-corrected chi connectivity index (χ1v) is 3.69. The molecule has 0 heterocycles. The number of hydrogen-bond acceptors (Lipinski definition) is 2. The SMILES string of the molecule is NC(CO)CC1CCC1. The standard InChI is InChI=1S/C7H15NO/c8-7(5-9)4-6-2-1-3-6/h6-7,9H,1-5,8H2. The van der Waals surface area contributed by atoms with Gasteiger partial charge in [-0.3, -0.25) is 0 Å². The van der Waals surface area contributed by atoms with Crippen molar-refractivity contribution < 1.29 is 5.11 Å². The average Bonchev–Trinajstić information content (AvgIpc) is 1.78. The van der Waals surface area contributed by atoms with Crippen LogP contribution < -0.4 is 5.73 Å². The minimum Gasteiger partial charge on any atom is -0.395 e. The summed E-state index contributed by atoms with van der Waals surface area (Å²) in [5.74, 6) is 0.826. The van der Waals surface area contributed by atoms with E-state index in [-0.39, 0.29) is 12.6 Å². The van der Waals surface area contributed by atoms with Gasteiger partial charge >= 0.3 is 0 Å². The lowest BCUT2D eigenvalue weighted by molar-refractivity contribution is 0.211. The summed E-state index contributed by atoms with van der Waals surface area (Å²) in [4.78, 5) is 0. The number of aliphatic hydroxyl groups excluding tert-OH is 1. The Kier molecular flexibility index (Phi) is 2.49. The molecular formula is C7H15NO. The molecule has 1 rings (SSSR count). The molecular weight excluding hydrogens is 114 g/mol. The van der Waals surface area contributed by atoms with Crippen molar-refractivity contribution >= 4 is 0 Å². The Balaban J connectivity index is 2.01. The zero-order valence-corrected chi connectivity index (χ0v) is 5.71. The lowest BCUT2D eigenvalue weighted by atomic mass is 9.81. The van der Waals surface area contributed by atoms with Crippen molar-refractivity contribution in [1.82, 2.24) is 0 Å². The third-order valence-corrected chi connectivity index (χ3v) is 2.10. The first-order valence-electron chi connectivity index (χ1n) is 3.69. The first-order chi connectivity index (χ1) is 4.33. The molecule has 0 radical (unpaired) electrons. The van der Waals surface area contributed by atoms with Crippen molar-refractivity contribution in [3.05, 3.63) is 0 Å². The molecule has 1 aliphatic rings. The van der Waals surface area contributed by atoms with Gasteiger partial charge in [0.1, 0.15) is 0 Å². The van der Waals surface area contributed by atoms with Crippen LogP contribution in [0.1, 0.15) is 25.7 Å². The quantitative estimate of drug-likeness (QED) is 0.582. The molecule has 1 unspecified atom stereocenters. The molecule has 2 heteroatoms. The van der Waals surface area contributed by atoms with Crippen molar-refractivity contribution in [3.8, 4) is 0 Å². The summed E-state index contributed by atoms with van der Waals surface area (Å²) < 4.78 is 0. The molecule has 0 spiro atoms. The molecule has 1 atom stereocenters. The second-order valence-corrected chi connectivity index (χ2v) is 2.98. The molecule has 0 aromatic carbocycles. The molecule has 1 fully saturated rings. The summed E-state index contributed by atoms with van der Waals surface area (Å²) in [6, 6.07) is 0.0373. The molecule has 9 heavy (non-hydrogen) atoms. The molecule has 3 N–H and O–H groups in total. The van der Waals surface area contributed by atoms with E-state index in [9.17, 15) is 0 Å². The number of aliphatic hydroxyl groups is 1. The normalized spacial score (nSPS) is 23.3. The minimum absolute atomic E-state index is 0.0373. The van der Waals surface area contributed by atoms with E-state index in [1.807, 2.05) is 0 Å². The molecule has 0 saturated heterocycles. The van der Waals surface area contributed by atoms with E-state index in [0.29, 0.717) is 0 Å². The molecule has 0 aromatic heterocycles. The predicted octanol–water partition coefficient (Wildman–Crippen LogP) is 0.496. The Morgan fingerprint density at radius 1 is 1.56 bits per heavy atom. The zero-order chi connectivity index (χ0) is 6.69. The highest BCUT2D eigenvalue weighted by molar-refractivity contribution is 4.74. The van der Waals surface area contributed by atoms with E-state index in [2.05, 4.69) is 0 Å². The van der Waals surface area contributed by atoms with Gasteiger partial charge in [0, 0.05) is 6.04 Å². The Hall–Kier alpha value is -0.0800. The average molecular weight is 129 g/mol. The van der Waals surface area contributed by atoms with Gasteiger partial charge in [-0.15, -0.1) is 0 Å². The third-order valence-electron chi connectivity index (χ3n) is 2.10. The summed E-state index contributed by atoms with van der Waals surface area (Å²) in [6.07, 6.45) is 5.04. The Labute approximate surface area is 56.1 Å². The highest BCUT2D eigenvalue weighted by Gasteiger charge is 2.19. The second-order valence-electron chi connectivity index (χ2n) is 2.98. The van der Waals surface area contributed by atoms with Crippen LogP contribution in [0.15, 0.2) is 0 Å². The predicted molar refractivity (Wildman–Crippen MR) is 37.0 cm³/mol. The van der Waals surface area contributed by atoms with Gasteiger partial charge in [0.15, 0.2) is 0 Å². The van der Waals surface area contributed by atoms with Crippen LogP contribution in [-0.2, 0) is 0 Å². The maximum atomic E-state index is 8.58. The molecule has 0 bridgehead atoms. The summed E-state index contributed by atoms with van der Waals surface area (Å²) >= 11 is 0. The summed E-state index contributed by atoms with van der Waals surface area (Å²) in [5.41, 5.74) is 5.53. The topological polar surface area (TPSA) is 46.2 Å². The molecule has 0 amide bonds. The molecule has 2 nitrogen and oxygen atoms in total. The maximum absolute atomic E-state index is 8.58. The first kappa shape index (κ1) is 7.03. The lowest BCUT2D eigenvalue weighted by Gasteiger charge is -2.27. The third kappa shape index (κ3) is 1.95. The fraction of sp³-hybridized carbons (Fsp3) is 1.00. The Bertz CT molecular complexity index is 78.2. The lowest BCUT2D eigenvalue weighted by Crippen LogP contribution is -2.29. The van der Waals surface area contributed by atoms with Crippen LogP contribution in [0.4, 0.5) is 0 Å². The smallest absolute Gasteiger partial charge is 0.0582 e. The number of nitrogens with two attached hydrogens (primary N) is 1. The largest absolute Gasteiger partial charge is 0.395 e. The Morgan fingerprint density at radius 2 is 2.22 bits per heavy atom. The van der Waals surface area contributed by atoms with E-state index in [0.717, 1.165) is 12.3 Å². The van der Waals surface area contributed by atoms with Crippen LogP contribution >= 0.6 is 0 Å². The summed E-state index contributed by atoms with van der Waals surface area (Å²) in [6.45, 7) is 0.149. The van der Waals surface area contributed by atoms with Gasteiger partial charge in [-0.25, -0.2) is 0 Å². The van der Waals surface area contributed by atoms with Gasteiger partial charge in [-0.1, -0.05) is 19.3 Å². The van der Waals surface area contributed by atoms with Crippen molar-refractivity contribution in [2.45, 2.75) is 31.7 Å². The van der Waals surface area contributed by atoms with E-state index >= 15 is 0 Å². The van der Waals surface area contributed by atoms with Gasteiger partial charge < -0.3 is 10.8 Å². The highest BCUT2D eigenvalue weighted by atomic mass is 16.3. The van der Waals surface area contributed by atoms with Crippen molar-refractivity contribution in [2.75, 3.05) is 6.61 Å². The van der Waals surface area contributed by atoms with E-state index < -0.39 is 0 Å². The zero-order valence-electron chi connectivity index (χ0n) is 5.71. The van der Waals surface area contributed by atoms with Crippen LogP contribution in [0.25, 0.3) is 0 Å². The van der Waals surface area contributed by atoms with Crippen molar-refractivity contribution in [3.63, 3.8) is 0 Å². The van der Waals surface area contributed by atoms with Crippen LogP contribution in [0.2, 0.25) is 0 Å². The molecule has 0 aliphatic heterocycles. The second kappa shape index (κ2) is 3.18. The number of rotatable bonds is 3. The molecule has 1 aliphatic carbocycles. The Morgan fingerprint density at radius 3 is 2.56 bits per heavy atom. The van der Waals surface area contributed by atoms with Crippen LogP contribution in [0.3, 0.4) is 0 Å². The fourth-order valence-corrected chi connectivity index (χ4v) is 1.23. The van der Waals surface area contributed by atoms with E-state index in [1.54, 1.807) is 0 Å². The maximum Gasteiger partial charge on any atom is 0.0582 e. The van der Waals surface area contributed by atoms with Gasteiger partial charge in [-0.05, 0) is 12.3 Å². The van der Waals surface area contributed by atoms with Gasteiger partial charge in [0.25, 0.3) is 0 Å². The summed E-state index contributed by atoms with van der Waals surface area (Å²) in [5, 5.41) is 8.58. The van der Waals surface area contributed by atoms with E-state index in [4.69, 9.17) is 10.8 Å². The van der Waals surface area contributed by atoms with Crippen molar-refractivity contribution in [2.24, 2.45) is 11.7 Å². The summed E-state index contributed by atoms with van der Waals surface area (Å²) in [7, 11) is 0. The van der Waals surface area contributed by atoms with Crippen molar-refractivity contribution in [1.29, 1.82) is 0 Å². The van der Waals surface area contributed by atoms with E-state index in [1.165, 1.54) is 19.3 Å². The number of hydrogen-bond donors (Lipinski definition) is 2. The molecule has 1 saturated carbocycles. The minimum atomic E-state index is 0.0373. The molecule has 54 valence electrons. The van der Waals surface area contributed by atoms with Gasteiger partial charge in [0.2, 0.25) is 0 Å². The van der Waals surface area contributed by atoms with Gasteiger partial charge in [-0.2, -0.15) is 0 Å². The highest BCUT2D eigenvalue weighted by Crippen LogP contribution is 2.29. The van der Waals surface area contributed by atoms with Crippen LogP contribution in [0, 0.1) is 5.92 Å². The molecule has 0 aromatic rings. The fourth-order valence-electron chi connectivity index (χ4n) is 1.23. The van der Waals surface area contributed by atoms with Crippen LogP contribution in [0.5, 0.6) is 0 Å². The van der Waals surface area contributed by atoms with Gasteiger partial charge in [0.05, 0.1) is 6.61 Å². The monoisotopic (exact) mass is 129 g/mol.